The summed E-state index contributed by atoms with van der Waals surface area (Å²) in [7, 11) is -3.58. The predicted octanol–water partition coefficient (Wildman–Crippen LogP) is 2.80. The van der Waals surface area contributed by atoms with Crippen molar-refractivity contribution in [1.29, 1.82) is 0 Å². The number of benzene rings is 1. The van der Waals surface area contributed by atoms with Gasteiger partial charge >= 0.3 is 0 Å². The Balaban J connectivity index is 2.37. The number of pyridine rings is 1. The van der Waals surface area contributed by atoms with E-state index < -0.39 is 10.0 Å². The van der Waals surface area contributed by atoms with Crippen LogP contribution in [-0.4, -0.2) is 13.4 Å². The highest BCUT2D eigenvalue weighted by Gasteiger charge is 2.15. The molecule has 0 spiro atoms. The second-order valence-electron chi connectivity index (χ2n) is 3.73. The van der Waals surface area contributed by atoms with Crippen molar-refractivity contribution in [2.24, 2.45) is 0 Å². The molecule has 0 radical (unpaired) electrons. The van der Waals surface area contributed by atoms with Crippen molar-refractivity contribution in [3.05, 3.63) is 51.7 Å². The zero-order valence-corrected chi connectivity index (χ0v) is 12.6. The van der Waals surface area contributed by atoms with Crippen molar-refractivity contribution in [2.75, 3.05) is 4.72 Å². The molecule has 0 aliphatic rings. The van der Waals surface area contributed by atoms with Gasteiger partial charge in [-0.1, -0.05) is 12.1 Å². The van der Waals surface area contributed by atoms with Gasteiger partial charge in [0.05, 0.1) is 4.90 Å². The molecule has 0 fully saturated rings. The molecule has 0 atom stereocenters. The first-order valence-electron chi connectivity index (χ1n) is 5.19. The number of sulfonamides is 1. The van der Waals surface area contributed by atoms with Crippen LogP contribution in [0.25, 0.3) is 0 Å². The lowest BCUT2D eigenvalue weighted by atomic mass is 10.3. The molecule has 0 amide bonds. The Bertz CT molecular complexity index is 671. The molecule has 1 N–H and O–H groups in total. The summed E-state index contributed by atoms with van der Waals surface area (Å²) in [5.41, 5.74) is 0.784. The molecule has 0 bridgehead atoms. The van der Waals surface area contributed by atoms with Crippen LogP contribution in [0, 0.1) is 10.5 Å². The molecule has 1 aromatic carbocycles. The van der Waals surface area contributed by atoms with Gasteiger partial charge in [0, 0.05) is 9.77 Å². The topological polar surface area (TPSA) is 59.1 Å². The third-order valence-electron chi connectivity index (χ3n) is 2.35. The molecular formula is C12H11IN2O2S. The number of nitrogens with one attached hydrogen (secondary N) is 1. The molecule has 4 nitrogen and oxygen atoms in total. The Morgan fingerprint density at radius 1 is 1.22 bits per heavy atom. The van der Waals surface area contributed by atoms with E-state index in [2.05, 4.69) is 32.3 Å². The SMILES string of the molecule is Cc1cccnc1NS(=O)(=O)c1cccc(I)c1. The quantitative estimate of drug-likeness (QED) is 0.841. The molecule has 0 unspecified atom stereocenters. The summed E-state index contributed by atoms with van der Waals surface area (Å²) >= 11 is 2.08. The van der Waals surface area contributed by atoms with E-state index in [1.165, 1.54) is 0 Å². The van der Waals surface area contributed by atoms with Crippen molar-refractivity contribution < 1.29 is 8.42 Å². The third kappa shape index (κ3) is 2.99. The number of anilines is 1. The van der Waals surface area contributed by atoms with Crippen LogP contribution in [-0.2, 0) is 10.0 Å². The van der Waals surface area contributed by atoms with Gasteiger partial charge in [-0.05, 0) is 59.3 Å². The maximum atomic E-state index is 12.2. The lowest BCUT2D eigenvalue weighted by Crippen LogP contribution is -2.14. The van der Waals surface area contributed by atoms with Crippen LogP contribution in [0.2, 0.25) is 0 Å². The van der Waals surface area contributed by atoms with Gasteiger partial charge in [0.2, 0.25) is 0 Å². The Morgan fingerprint density at radius 2 is 2.00 bits per heavy atom. The van der Waals surface area contributed by atoms with E-state index >= 15 is 0 Å². The number of hydrogen-bond donors (Lipinski definition) is 1. The summed E-state index contributed by atoms with van der Waals surface area (Å²) in [5.74, 6) is 0.358. The third-order valence-corrected chi connectivity index (χ3v) is 4.35. The minimum Gasteiger partial charge on any atom is -0.263 e. The average molecular weight is 374 g/mol. The van der Waals surface area contributed by atoms with Gasteiger partial charge in [0.15, 0.2) is 0 Å². The number of rotatable bonds is 3. The highest BCUT2D eigenvalue weighted by Crippen LogP contribution is 2.18. The molecule has 1 heterocycles. The fraction of sp³-hybridized carbons (Fsp3) is 0.0833. The first-order chi connectivity index (χ1) is 8.49. The van der Waals surface area contributed by atoms with E-state index in [1.807, 2.05) is 6.07 Å². The minimum absolute atomic E-state index is 0.236. The van der Waals surface area contributed by atoms with E-state index in [0.717, 1.165) is 9.13 Å². The number of hydrogen-bond acceptors (Lipinski definition) is 3. The average Bonchev–Trinajstić information content (AvgIpc) is 2.32. The lowest BCUT2D eigenvalue weighted by molar-refractivity contribution is 0.601. The molecule has 0 aliphatic carbocycles. The van der Waals surface area contributed by atoms with Crippen LogP contribution in [0.1, 0.15) is 5.56 Å². The molecular weight excluding hydrogens is 363 g/mol. The fourth-order valence-electron chi connectivity index (χ4n) is 1.41. The van der Waals surface area contributed by atoms with Gasteiger partial charge in [0.25, 0.3) is 10.0 Å². The van der Waals surface area contributed by atoms with E-state index in [-0.39, 0.29) is 4.90 Å². The molecule has 0 aliphatic heterocycles. The highest BCUT2D eigenvalue weighted by atomic mass is 127. The number of aryl methyl sites for hydroxylation is 1. The second-order valence-corrected chi connectivity index (χ2v) is 6.66. The van der Waals surface area contributed by atoms with Crippen molar-refractivity contribution in [1.82, 2.24) is 4.98 Å². The van der Waals surface area contributed by atoms with Gasteiger partial charge < -0.3 is 0 Å². The Hall–Kier alpha value is -1.15. The van der Waals surface area contributed by atoms with Crippen LogP contribution in [0.15, 0.2) is 47.5 Å². The Morgan fingerprint density at radius 3 is 2.67 bits per heavy atom. The van der Waals surface area contributed by atoms with Crippen LogP contribution >= 0.6 is 22.6 Å². The van der Waals surface area contributed by atoms with E-state index in [9.17, 15) is 8.42 Å². The fourth-order valence-corrected chi connectivity index (χ4v) is 3.29. The maximum absolute atomic E-state index is 12.2. The maximum Gasteiger partial charge on any atom is 0.263 e. The molecule has 6 heteroatoms. The van der Waals surface area contributed by atoms with Crippen molar-refractivity contribution in [2.45, 2.75) is 11.8 Å². The van der Waals surface area contributed by atoms with Crippen LogP contribution < -0.4 is 4.72 Å². The van der Waals surface area contributed by atoms with Gasteiger partial charge in [-0.3, -0.25) is 4.72 Å². The standard InChI is InChI=1S/C12H11IN2O2S/c1-9-4-3-7-14-12(9)15-18(16,17)11-6-2-5-10(13)8-11/h2-8H,1H3,(H,14,15). The summed E-state index contributed by atoms with van der Waals surface area (Å²) in [6.07, 6.45) is 1.56. The van der Waals surface area contributed by atoms with Crippen molar-refractivity contribution in [3.8, 4) is 0 Å². The van der Waals surface area contributed by atoms with Gasteiger partial charge in [0.1, 0.15) is 5.82 Å². The first kappa shape index (κ1) is 13.3. The summed E-state index contributed by atoms with van der Waals surface area (Å²) in [4.78, 5) is 4.25. The van der Waals surface area contributed by atoms with E-state index in [4.69, 9.17) is 0 Å². The number of nitrogens with zero attached hydrogens (tertiary/aromatic N) is 1. The zero-order chi connectivity index (χ0) is 13.2. The van der Waals surface area contributed by atoms with Crippen molar-refractivity contribution >= 4 is 38.4 Å². The molecule has 0 saturated carbocycles. The number of halogens is 1. The molecule has 0 saturated heterocycles. The summed E-state index contributed by atoms with van der Waals surface area (Å²) < 4.78 is 27.7. The summed E-state index contributed by atoms with van der Waals surface area (Å²) in [5, 5.41) is 0. The zero-order valence-electron chi connectivity index (χ0n) is 9.59. The first-order valence-corrected chi connectivity index (χ1v) is 7.75. The number of aromatic nitrogens is 1. The van der Waals surface area contributed by atoms with Gasteiger partial charge in [-0.15, -0.1) is 0 Å². The lowest BCUT2D eigenvalue weighted by Gasteiger charge is -2.09. The second kappa shape index (κ2) is 5.23. The monoisotopic (exact) mass is 374 g/mol. The van der Waals surface area contributed by atoms with E-state index in [1.54, 1.807) is 43.5 Å². The largest absolute Gasteiger partial charge is 0.263 e. The summed E-state index contributed by atoms with van der Waals surface area (Å²) in [6, 6.07) is 10.3. The minimum atomic E-state index is -3.58. The molecule has 18 heavy (non-hydrogen) atoms. The van der Waals surface area contributed by atoms with Gasteiger partial charge in [-0.2, -0.15) is 0 Å². The predicted molar refractivity (Wildman–Crippen MR) is 78.9 cm³/mol. The highest BCUT2D eigenvalue weighted by molar-refractivity contribution is 14.1. The normalized spacial score (nSPS) is 11.2. The van der Waals surface area contributed by atoms with Crippen molar-refractivity contribution in [3.63, 3.8) is 0 Å². The van der Waals surface area contributed by atoms with E-state index in [0.29, 0.717) is 5.82 Å². The van der Waals surface area contributed by atoms with Crippen LogP contribution in [0.5, 0.6) is 0 Å². The molecule has 94 valence electrons. The molecule has 1 aromatic heterocycles. The Labute approximate surface area is 120 Å². The van der Waals surface area contributed by atoms with Crippen LogP contribution in [0.3, 0.4) is 0 Å². The smallest absolute Gasteiger partial charge is 0.263 e. The summed E-state index contributed by atoms with van der Waals surface area (Å²) in [6.45, 7) is 1.81. The molecule has 2 aromatic rings. The Kier molecular flexibility index (Phi) is 3.86. The van der Waals surface area contributed by atoms with Crippen LogP contribution in [0.4, 0.5) is 5.82 Å². The van der Waals surface area contributed by atoms with Gasteiger partial charge in [-0.25, -0.2) is 13.4 Å². The molecule has 2 rings (SSSR count).